The standard InChI is InChI=1S/C20H34/c1-6-18(10-8-7-9-15(2)3)20(5)14-19(20)12-11-17-13-16(17)4/h1,15-19H,7-14H2,2-5H3. The second-order valence-corrected chi connectivity index (χ2v) is 8.35. The molecule has 0 N–H and O–H groups in total. The zero-order valence-electron chi connectivity index (χ0n) is 14.1. The van der Waals surface area contributed by atoms with Gasteiger partial charge in [-0.2, -0.15) is 0 Å². The molecule has 5 unspecified atom stereocenters. The normalized spacial score (nSPS) is 36.7. The molecule has 2 aliphatic rings. The van der Waals surface area contributed by atoms with Crippen molar-refractivity contribution in [3.05, 3.63) is 0 Å². The molecule has 0 aromatic rings. The Hall–Kier alpha value is -0.440. The van der Waals surface area contributed by atoms with Gasteiger partial charge in [-0.1, -0.05) is 47.0 Å². The third kappa shape index (κ3) is 4.03. The summed E-state index contributed by atoms with van der Waals surface area (Å²) >= 11 is 0. The van der Waals surface area contributed by atoms with Gasteiger partial charge >= 0.3 is 0 Å². The molecule has 0 radical (unpaired) electrons. The van der Waals surface area contributed by atoms with E-state index < -0.39 is 0 Å². The first-order chi connectivity index (χ1) is 9.47. The van der Waals surface area contributed by atoms with Gasteiger partial charge < -0.3 is 0 Å². The molecule has 0 heterocycles. The molecule has 114 valence electrons. The van der Waals surface area contributed by atoms with Crippen molar-refractivity contribution >= 4 is 0 Å². The van der Waals surface area contributed by atoms with Crippen molar-refractivity contribution in [3.63, 3.8) is 0 Å². The second kappa shape index (κ2) is 6.55. The molecular weight excluding hydrogens is 240 g/mol. The van der Waals surface area contributed by atoms with Gasteiger partial charge in [-0.25, -0.2) is 0 Å². The Morgan fingerprint density at radius 1 is 1.20 bits per heavy atom. The van der Waals surface area contributed by atoms with Gasteiger partial charge in [0.1, 0.15) is 0 Å². The smallest absolute Gasteiger partial charge is 0.0256 e. The van der Waals surface area contributed by atoms with Crippen molar-refractivity contribution in [2.45, 2.75) is 79.1 Å². The maximum absolute atomic E-state index is 5.84. The fraction of sp³-hybridized carbons (Fsp3) is 0.900. The summed E-state index contributed by atoms with van der Waals surface area (Å²) in [5, 5.41) is 0. The molecule has 0 aliphatic heterocycles. The lowest BCUT2D eigenvalue weighted by molar-refractivity contribution is 0.334. The summed E-state index contributed by atoms with van der Waals surface area (Å²) in [7, 11) is 0. The van der Waals surface area contributed by atoms with Crippen molar-refractivity contribution in [3.8, 4) is 12.3 Å². The lowest BCUT2D eigenvalue weighted by atomic mass is 9.84. The number of terminal acetylenes is 1. The van der Waals surface area contributed by atoms with Gasteiger partial charge in [0.05, 0.1) is 0 Å². The van der Waals surface area contributed by atoms with Crippen LogP contribution in [0.1, 0.15) is 79.1 Å². The highest BCUT2D eigenvalue weighted by Crippen LogP contribution is 2.61. The van der Waals surface area contributed by atoms with Crippen molar-refractivity contribution in [2.24, 2.45) is 35.0 Å². The number of hydrogen-bond donors (Lipinski definition) is 0. The zero-order valence-corrected chi connectivity index (χ0v) is 14.1. The van der Waals surface area contributed by atoms with E-state index in [-0.39, 0.29) is 0 Å². The van der Waals surface area contributed by atoms with E-state index in [1.165, 1.54) is 51.4 Å². The number of hydrogen-bond acceptors (Lipinski definition) is 0. The summed E-state index contributed by atoms with van der Waals surface area (Å²) in [5.41, 5.74) is 0.491. The molecule has 5 atom stereocenters. The number of unbranched alkanes of at least 4 members (excludes halogenated alkanes) is 1. The van der Waals surface area contributed by atoms with Crippen LogP contribution in [0.5, 0.6) is 0 Å². The summed E-state index contributed by atoms with van der Waals surface area (Å²) < 4.78 is 0. The highest BCUT2D eigenvalue weighted by atomic mass is 14.6. The van der Waals surface area contributed by atoms with Crippen LogP contribution in [0.15, 0.2) is 0 Å². The maximum atomic E-state index is 5.84. The van der Waals surface area contributed by atoms with Gasteiger partial charge in [0.15, 0.2) is 0 Å². The molecule has 0 aromatic heterocycles. The molecule has 0 spiro atoms. The Labute approximate surface area is 127 Å². The van der Waals surface area contributed by atoms with E-state index in [0.717, 1.165) is 23.7 Å². The maximum Gasteiger partial charge on any atom is 0.0256 e. The first-order valence-electron chi connectivity index (χ1n) is 8.93. The Kier molecular flexibility index (Phi) is 5.22. The Morgan fingerprint density at radius 3 is 2.40 bits per heavy atom. The average Bonchev–Trinajstić information content (AvgIpc) is 3.25. The van der Waals surface area contributed by atoms with Gasteiger partial charge in [-0.3, -0.25) is 0 Å². The van der Waals surface area contributed by atoms with Gasteiger partial charge in [-0.15, -0.1) is 12.3 Å². The van der Waals surface area contributed by atoms with E-state index in [2.05, 4.69) is 33.6 Å². The summed E-state index contributed by atoms with van der Waals surface area (Å²) in [5.74, 6) is 7.51. The van der Waals surface area contributed by atoms with E-state index in [4.69, 9.17) is 6.42 Å². The average molecular weight is 274 g/mol. The van der Waals surface area contributed by atoms with E-state index in [1.807, 2.05) is 0 Å². The molecule has 20 heavy (non-hydrogen) atoms. The molecule has 0 amide bonds. The van der Waals surface area contributed by atoms with Crippen LogP contribution in [0, 0.1) is 47.3 Å². The van der Waals surface area contributed by atoms with Gasteiger partial charge in [0.2, 0.25) is 0 Å². The molecule has 2 fully saturated rings. The van der Waals surface area contributed by atoms with E-state index in [9.17, 15) is 0 Å². The largest absolute Gasteiger partial charge is 0.120 e. The minimum absolute atomic E-state index is 0.491. The summed E-state index contributed by atoms with van der Waals surface area (Å²) in [6.07, 6.45) is 16.9. The van der Waals surface area contributed by atoms with Gasteiger partial charge in [0.25, 0.3) is 0 Å². The van der Waals surface area contributed by atoms with Crippen LogP contribution < -0.4 is 0 Å². The molecular formula is C20H34. The molecule has 2 saturated carbocycles. The van der Waals surface area contributed by atoms with Gasteiger partial charge in [0, 0.05) is 5.92 Å². The van der Waals surface area contributed by atoms with E-state index in [0.29, 0.717) is 11.3 Å². The van der Waals surface area contributed by atoms with Crippen LogP contribution in [0.2, 0.25) is 0 Å². The molecule has 0 aromatic carbocycles. The lowest BCUT2D eigenvalue weighted by Gasteiger charge is -2.20. The molecule has 0 bridgehead atoms. The van der Waals surface area contributed by atoms with Crippen LogP contribution in [0.3, 0.4) is 0 Å². The van der Waals surface area contributed by atoms with Crippen molar-refractivity contribution in [2.75, 3.05) is 0 Å². The quantitative estimate of drug-likeness (QED) is 0.362. The van der Waals surface area contributed by atoms with Gasteiger partial charge in [-0.05, 0) is 61.2 Å². The topological polar surface area (TPSA) is 0 Å². The lowest BCUT2D eigenvalue weighted by Crippen LogP contribution is -2.13. The minimum Gasteiger partial charge on any atom is -0.120 e. The van der Waals surface area contributed by atoms with Crippen LogP contribution in [0.25, 0.3) is 0 Å². The Balaban J connectivity index is 1.67. The highest BCUT2D eigenvalue weighted by Gasteiger charge is 2.54. The highest BCUT2D eigenvalue weighted by molar-refractivity contribution is 5.12. The monoisotopic (exact) mass is 274 g/mol. The molecule has 2 rings (SSSR count). The zero-order chi connectivity index (χ0) is 14.8. The number of rotatable bonds is 9. The SMILES string of the molecule is C#CC(CCCCC(C)C)C1(C)CC1CCC1CC1C. The predicted octanol–water partition coefficient (Wildman–Crippen LogP) is 5.91. The third-order valence-corrected chi connectivity index (χ3v) is 6.14. The molecule has 0 saturated heterocycles. The summed E-state index contributed by atoms with van der Waals surface area (Å²) in [6, 6.07) is 0. The van der Waals surface area contributed by atoms with Crippen molar-refractivity contribution in [1.29, 1.82) is 0 Å². The predicted molar refractivity (Wildman–Crippen MR) is 88.3 cm³/mol. The van der Waals surface area contributed by atoms with Crippen molar-refractivity contribution < 1.29 is 0 Å². The van der Waals surface area contributed by atoms with Crippen molar-refractivity contribution in [1.82, 2.24) is 0 Å². The van der Waals surface area contributed by atoms with E-state index in [1.54, 1.807) is 0 Å². The van der Waals surface area contributed by atoms with E-state index >= 15 is 0 Å². The fourth-order valence-electron chi connectivity index (χ4n) is 4.05. The summed E-state index contributed by atoms with van der Waals surface area (Å²) in [6.45, 7) is 9.49. The first kappa shape index (κ1) is 15.9. The molecule has 0 nitrogen and oxygen atoms in total. The second-order valence-electron chi connectivity index (χ2n) is 8.35. The van der Waals surface area contributed by atoms with Crippen LogP contribution >= 0.6 is 0 Å². The molecule has 0 heteroatoms. The molecule has 2 aliphatic carbocycles. The third-order valence-electron chi connectivity index (χ3n) is 6.14. The first-order valence-corrected chi connectivity index (χ1v) is 8.93. The Morgan fingerprint density at radius 2 is 1.85 bits per heavy atom. The van der Waals surface area contributed by atoms with Crippen LogP contribution in [0.4, 0.5) is 0 Å². The van der Waals surface area contributed by atoms with Crippen LogP contribution in [-0.4, -0.2) is 0 Å². The summed E-state index contributed by atoms with van der Waals surface area (Å²) in [4.78, 5) is 0. The van der Waals surface area contributed by atoms with Crippen LogP contribution in [-0.2, 0) is 0 Å². The minimum atomic E-state index is 0.491. The fourth-order valence-corrected chi connectivity index (χ4v) is 4.05. The Bertz CT molecular complexity index is 348.